The van der Waals surface area contributed by atoms with Crippen molar-refractivity contribution in [3.63, 3.8) is 0 Å². The fourth-order valence-corrected chi connectivity index (χ4v) is 2.38. The summed E-state index contributed by atoms with van der Waals surface area (Å²) in [4.78, 5) is 23.9. The summed E-state index contributed by atoms with van der Waals surface area (Å²) in [6, 6.07) is 12.5. The molecule has 0 aromatic heterocycles. The molecule has 2 unspecified atom stereocenters. The van der Waals surface area contributed by atoms with E-state index in [1.165, 1.54) is 12.1 Å². The van der Waals surface area contributed by atoms with Crippen LogP contribution in [0.5, 0.6) is 0 Å². The van der Waals surface area contributed by atoms with E-state index in [0.717, 1.165) is 6.42 Å². The van der Waals surface area contributed by atoms with Gasteiger partial charge in [-0.05, 0) is 48.7 Å². The van der Waals surface area contributed by atoms with Gasteiger partial charge in [0.25, 0.3) is 5.91 Å². The molecule has 3 rings (SSSR count). The Morgan fingerprint density at radius 1 is 1.04 bits per heavy atom. The third-order valence-corrected chi connectivity index (χ3v) is 3.98. The van der Waals surface area contributed by atoms with Crippen LogP contribution in [0.1, 0.15) is 23.7 Å². The Morgan fingerprint density at radius 3 is 2.30 bits per heavy atom. The van der Waals surface area contributed by atoms with Gasteiger partial charge in [0.05, 0.1) is 5.69 Å². The maximum absolute atomic E-state index is 13.5. The summed E-state index contributed by atoms with van der Waals surface area (Å²) in [7, 11) is 0. The van der Waals surface area contributed by atoms with E-state index in [2.05, 4.69) is 10.6 Å². The second-order valence-corrected chi connectivity index (χ2v) is 5.82. The predicted octanol–water partition coefficient (Wildman–Crippen LogP) is 3.67. The molecule has 2 amide bonds. The lowest BCUT2D eigenvalue weighted by Crippen LogP contribution is -2.15. The number of anilines is 2. The Morgan fingerprint density at radius 2 is 1.70 bits per heavy atom. The summed E-state index contributed by atoms with van der Waals surface area (Å²) >= 11 is 0. The van der Waals surface area contributed by atoms with Gasteiger partial charge in [0.2, 0.25) is 5.91 Å². The number of rotatable bonds is 4. The standard InChI is InChI=1S/C18H17FN2O2/c1-11-10-14(11)18(23)20-13-8-6-12(7-9-13)17(22)21-16-5-3-2-4-15(16)19/h2-9,11,14H,10H2,1H3,(H,20,23)(H,21,22). The molecule has 1 saturated carbocycles. The molecule has 2 atom stereocenters. The highest BCUT2D eigenvalue weighted by molar-refractivity contribution is 6.04. The summed E-state index contributed by atoms with van der Waals surface area (Å²) in [5.74, 6) is -0.326. The monoisotopic (exact) mass is 312 g/mol. The maximum Gasteiger partial charge on any atom is 0.255 e. The molecule has 0 bridgehead atoms. The molecule has 0 saturated heterocycles. The average Bonchev–Trinajstić information content (AvgIpc) is 3.27. The first-order valence-corrected chi connectivity index (χ1v) is 7.51. The summed E-state index contributed by atoms with van der Waals surface area (Å²) in [5.41, 5.74) is 1.18. The van der Waals surface area contributed by atoms with Gasteiger partial charge >= 0.3 is 0 Å². The average molecular weight is 312 g/mol. The van der Waals surface area contributed by atoms with E-state index in [0.29, 0.717) is 17.2 Å². The Balaban J connectivity index is 1.63. The number of carbonyl (C=O) groups excluding carboxylic acids is 2. The largest absolute Gasteiger partial charge is 0.326 e. The molecule has 23 heavy (non-hydrogen) atoms. The van der Waals surface area contributed by atoms with E-state index >= 15 is 0 Å². The molecule has 1 aliphatic rings. The van der Waals surface area contributed by atoms with Crippen LogP contribution in [-0.4, -0.2) is 11.8 Å². The van der Waals surface area contributed by atoms with Crippen molar-refractivity contribution in [1.82, 2.24) is 0 Å². The van der Waals surface area contributed by atoms with Crippen LogP contribution in [0.4, 0.5) is 15.8 Å². The minimum Gasteiger partial charge on any atom is -0.326 e. The van der Waals surface area contributed by atoms with Crippen LogP contribution in [0.3, 0.4) is 0 Å². The SMILES string of the molecule is CC1CC1C(=O)Nc1ccc(C(=O)Nc2ccccc2F)cc1. The fourth-order valence-electron chi connectivity index (χ4n) is 2.38. The van der Waals surface area contributed by atoms with Crippen LogP contribution in [0.25, 0.3) is 0 Å². The molecule has 2 N–H and O–H groups in total. The Bertz CT molecular complexity index is 743. The van der Waals surface area contributed by atoms with Crippen molar-refractivity contribution in [2.45, 2.75) is 13.3 Å². The van der Waals surface area contributed by atoms with E-state index in [1.54, 1.807) is 36.4 Å². The zero-order valence-electron chi connectivity index (χ0n) is 12.7. The number of halogens is 1. The molecule has 2 aromatic rings. The minimum atomic E-state index is -0.483. The predicted molar refractivity (Wildman–Crippen MR) is 86.7 cm³/mol. The summed E-state index contributed by atoms with van der Waals surface area (Å²) in [6.07, 6.45) is 0.926. The van der Waals surface area contributed by atoms with Gasteiger partial charge < -0.3 is 10.6 Å². The molecule has 4 nitrogen and oxygen atoms in total. The highest BCUT2D eigenvalue weighted by atomic mass is 19.1. The molecule has 0 spiro atoms. The molecule has 1 fully saturated rings. The van der Waals surface area contributed by atoms with Crippen LogP contribution in [0.15, 0.2) is 48.5 Å². The molecule has 118 valence electrons. The van der Waals surface area contributed by atoms with Crippen LogP contribution in [0.2, 0.25) is 0 Å². The number of carbonyl (C=O) groups is 2. The van der Waals surface area contributed by atoms with E-state index in [9.17, 15) is 14.0 Å². The summed E-state index contributed by atoms with van der Waals surface area (Å²) in [6.45, 7) is 2.04. The lowest BCUT2D eigenvalue weighted by molar-refractivity contribution is -0.117. The number of benzene rings is 2. The normalized spacial score (nSPS) is 19.0. The molecule has 0 heterocycles. The third-order valence-electron chi connectivity index (χ3n) is 3.98. The van der Waals surface area contributed by atoms with Gasteiger partial charge in [0.1, 0.15) is 5.82 Å². The maximum atomic E-state index is 13.5. The van der Waals surface area contributed by atoms with Crippen LogP contribution < -0.4 is 10.6 Å². The lowest BCUT2D eigenvalue weighted by Gasteiger charge is -2.08. The number of hydrogen-bond donors (Lipinski definition) is 2. The minimum absolute atomic E-state index is 0.0149. The topological polar surface area (TPSA) is 58.2 Å². The molecular formula is C18H17FN2O2. The van der Waals surface area contributed by atoms with Gasteiger partial charge in [0.15, 0.2) is 0 Å². The zero-order valence-corrected chi connectivity index (χ0v) is 12.7. The molecule has 1 aliphatic carbocycles. The second-order valence-electron chi connectivity index (χ2n) is 5.82. The van der Waals surface area contributed by atoms with Gasteiger partial charge in [-0.25, -0.2) is 4.39 Å². The Kier molecular flexibility index (Phi) is 4.10. The summed E-state index contributed by atoms with van der Waals surface area (Å²) < 4.78 is 13.5. The van der Waals surface area contributed by atoms with Gasteiger partial charge in [-0.1, -0.05) is 19.1 Å². The Labute approximate surface area is 133 Å². The first kappa shape index (κ1) is 15.2. The molecule has 5 heteroatoms. The van der Waals surface area contributed by atoms with Crippen LogP contribution >= 0.6 is 0 Å². The fraction of sp³-hybridized carbons (Fsp3) is 0.222. The number of amides is 2. The van der Waals surface area contributed by atoms with Gasteiger partial charge in [-0.15, -0.1) is 0 Å². The van der Waals surface area contributed by atoms with E-state index in [1.807, 2.05) is 6.92 Å². The number of nitrogens with one attached hydrogen (secondary N) is 2. The van der Waals surface area contributed by atoms with Crippen LogP contribution in [-0.2, 0) is 4.79 Å². The Hall–Kier alpha value is -2.69. The highest BCUT2D eigenvalue weighted by Gasteiger charge is 2.39. The van der Waals surface area contributed by atoms with E-state index in [-0.39, 0.29) is 17.5 Å². The first-order valence-electron chi connectivity index (χ1n) is 7.51. The van der Waals surface area contributed by atoms with Crippen molar-refractivity contribution >= 4 is 23.2 Å². The first-order chi connectivity index (χ1) is 11.0. The second kappa shape index (κ2) is 6.20. The smallest absolute Gasteiger partial charge is 0.255 e. The number of para-hydroxylation sites is 1. The van der Waals surface area contributed by atoms with Crippen molar-refractivity contribution in [2.24, 2.45) is 11.8 Å². The molecule has 0 aliphatic heterocycles. The molecule has 0 radical (unpaired) electrons. The molecule has 2 aromatic carbocycles. The van der Waals surface area contributed by atoms with Crippen molar-refractivity contribution in [3.8, 4) is 0 Å². The van der Waals surface area contributed by atoms with Gasteiger partial charge in [0, 0.05) is 17.2 Å². The van der Waals surface area contributed by atoms with E-state index < -0.39 is 11.7 Å². The highest BCUT2D eigenvalue weighted by Crippen LogP contribution is 2.38. The van der Waals surface area contributed by atoms with Crippen molar-refractivity contribution in [2.75, 3.05) is 10.6 Å². The molecular weight excluding hydrogens is 295 g/mol. The van der Waals surface area contributed by atoms with Crippen LogP contribution in [0, 0.1) is 17.7 Å². The zero-order chi connectivity index (χ0) is 16.4. The van der Waals surface area contributed by atoms with Crippen molar-refractivity contribution < 1.29 is 14.0 Å². The summed E-state index contributed by atoms with van der Waals surface area (Å²) in [5, 5.41) is 5.35. The van der Waals surface area contributed by atoms with Gasteiger partial charge in [-0.2, -0.15) is 0 Å². The third kappa shape index (κ3) is 3.56. The lowest BCUT2D eigenvalue weighted by atomic mass is 10.2. The van der Waals surface area contributed by atoms with Gasteiger partial charge in [-0.3, -0.25) is 9.59 Å². The quantitative estimate of drug-likeness (QED) is 0.905. The van der Waals surface area contributed by atoms with E-state index in [4.69, 9.17) is 0 Å². The van der Waals surface area contributed by atoms with Crippen molar-refractivity contribution in [1.29, 1.82) is 0 Å². The van der Waals surface area contributed by atoms with Crippen molar-refractivity contribution in [3.05, 3.63) is 59.9 Å². The number of hydrogen-bond acceptors (Lipinski definition) is 2.